The molecule has 2 saturated heterocycles. The molecule has 1 aliphatic carbocycles. The molecular weight excluding hydrogens is 366 g/mol. The molecule has 0 bridgehead atoms. The Kier molecular flexibility index (Phi) is 5.17. The quantitative estimate of drug-likeness (QED) is 0.413. The van der Waals surface area contributed by atoms with Crippen LogP contribution in [0.15, 0.2) is 30.5 Å². The standard InChI is InChI=1S/C21H31N7O/c22-14-4-1-2-5-17(14)25-18-10-12-11-24-28-21(29)19(12)20(27-18)26-16-7-3-6-15-13(16)8-9-23-15/h3,6-9,12,14,17-20,23-27H,1-2,4-5,10-11,22H2,(H,28,29)/t12?,14-,17+,18?,19?,20?/m0/s1. The van der Waals surface area contributed by atoms with Crippen LogP contribution in [0, 0.1) is 11.8 Å². The van der Waals surface area contributed by atoms with Crippen LogP contribution in [0.4, 0.5) is 5.69 Å². The number of hydrogen-bond acceptors (Lipinski definition) is 6. The topological polar surface area (TPSA) is 119 Å². The van der Waals surface area contributed by atoms with Crippen molar-refractivity contribution in [2.75, 3.05) is 11.9 Å². The van der Waals surface area contributed by atoms with E-state index in [0.717, 1.165) is 42.4 Å². The van der Waals surface area contributed by atoms with Gasteiger partial charge < -0.3 is 16.0 Å². The maximum absolute atomic E-state index is 12.7. The molecule has 3 aliphatic rings. The molecule has 3 fully saturated rings. The second-order valence-electron chi connectivity index (χ2n) is 8.70. The smallest absolute Gasteiger partial charge is 0.240 e. The fraction of sp³-hybridized carbons (Fsp3) is 0.571. The van der Waals surface area contributed by atoms with Gasteiger partial charge in [0.05, 0.1) is 18.2 Å². The molecule has 156 valence electrons. The molecule has 0 spiro atoms. The summed E-state index contributed by atoms with van der Waals surface area (Å²) in [5.74, 6) is 0.161. The molecule has 8 N–H and O–H groups in total. The number of aromatic nitrogens is 1. The predicted octanol–water partition coefficient (Wildman–Crippen LogP) is 0.952. The molecule has 1 aromatic carbocycles. The van der Waals surface area contributed by atoms with Gasteiger partial charge in [-0.25, -0.2) is 5.43 Å². The lowest BCUT2D eigenvalue weighted by molar-refractivity contribution is -0.133. The van der Waals surface area contributed by atoms with Crippen LogP contribution < -0.4 is 32.5 Å². The summed E-state index contributed by atoms with van der Waals surface area (Å²) in [6.45, 7) is 0.777. The van der Waals surface area contributed by atoms with Crippen molar-refractivity contribution in [1.29, 1.82) is 0 Å². The lowest BCUT2D eigenvalue weighted by Gasteiger charge is -2.46. The molecule has 6 atom stereocenters. The van der Waals surface area contributed by atoms with Crippen LogP contribution in [0.25, 0.3) is 10.9 Å². The second kappa shape index (κ2) is 7.95. The third kappa shape index (κ3) is 3.73. The lowest BCUT2D eigenvalue weighted by atomic mass is 9.80. The van der Waals surface area contributed by atoms with Gasteiger partial charge >= 0.3 is 0 Å². The van der Waals surface area contributed by atoms with E-state index in [-0.39, 0.29) is 36.1 Å². The molecule has 0 radical (unpaired) electrons. The summed E-state index contributed by atoms with van der Waals surface area (Å²) < 4.78 is 0. The Morgan fingerprint density at radius 2 is 2.03 bits per heavy atom. The van der Waals surface area contributed by atoms with Crippen molar-refractivity contribution in [2.24, 2.45) is 17.6 Å². The highest BCUT2D eigenvalue weighted by Gasteiger charge is 2.44. The minimum absolute atomic E-state index is 0.0420. The Bertz CT molecular complexity index is 868. The largest absolute Gasteiger partial charge is 0.368 e. The molecular formula is C21H31N7O. The van der Waals surface area contributed by atoms with Crippen LogP contribution in [0.2, 0.25) is 0 Å². The maximum atomic E-state index is 12.7. The van der Waals surface area contributed by atoms with Crippen molar-refractivity contribution >= 4 is 22.5 Å². The van der Waals surface area contributed by atoms with E-state index in [4.69, 9.17) is 5.73 Å². The van der Waals surface area contributed by atoms with Gasteiger partial charge in [-0.3, -0.25) is 20.9 Å². The molecule has 3 heterocycles. The highest BCUT2D eigenvalue weighted by Crippen LogP contribution is 2.31. The van der Waals surface area contributed by atoms with Crippen molar-refractivity contribution in [3.63, 3.8) is 0 Å². The van der Waals surface area contributed by atoms with Crippen molar-refractivity contribution in [2.45, 2.75) is 56.5 Å². The Morgan fingerprint density at radius 1 is 1.14 bits per heavy atom. The first-order chi connectivity index (χ1) is 14.2. The van der Waals surface area contributed by atoms with Gasteiger partial charge in [0, 0.05) is 41.4 Å². The van der Waals surface area contributed by atoms with Crippen molar-refractivity contribution in [3.8, 4) is 0 Å². The number of H-pyrrole nitrogens is 1. The number of amides is 1. The van der Waals surface area contributed by atoms with E-state index < -0.39 is 0 Å². The molecule has 5 rings (SSSR count). The number of rotatable bonds is 4. The van der Waals surface area contributed by atoms with Crippen molar-refractivity contribution in [1.82, 2.24) is 26.5 Å². The fourth-order valence-electron chi connectivity index (χ4n) is 5.29. The second-order valence-corrected chi connectivity index (χ2v) is 8.70. The first-order valence-corrected chi connectivity index (χ1v) is 10.8. The van der Waals surface area contributed by atoms with Gasteiger partial charge in [-0.05, 0) is 43.4 Å². The molecule has 1 saturated carbocycles. The number of piperidine rings is 1. The minimum Gasteiger partial charge on any atom is -0.368 e. The summed E-state index contributed by atoms with van der Waals surface area (Å²) >= 11 is 0. The van der Waals surface area contributed by atoms with Crippen LogP contribution in [-0.2, 0) is 4.79 Å². The molecule has 2 aliphatic heterocycles. The van der Waals surface area contributed by atoms with Gasteiger partial charge in [0.15, 0.2) is 0 Å². The third-order valence-corrected chi connectivity index (χ3v) is 6.81. The van der Waals surface area contributed by atoms with Crippen LogP contribution >= 0.6 is 0 Å². The Balaban J connectivity index is 1.38. The third-order valence-electron chi connectivity index (χ3n) is 6.81. The molecule has 1 aromatic heterocycles. The van der Waals surface area contributed by atoms with E-state index in [2.05, 4.69) is 50.0 Å². The molecule has 29 heavy (non-hydrogen) atoms. The van der Waals surface area contributed by atoms with E-state index in [1.807, 2.05) is 12.3 Å². The lowest BCUT2D eigenvalue weighted by Crippen LogP contribution is -2.69. The van der Waals surface area contributed by atoms with E-state index in [0.29, 0.717) is 6.04 Å². The number of hydrazine groups is 1. The number of carbonyl (C=O) groups excluding carboxylic acids is 1. The van der Waals surface area contributed by atoms with Crippen molar-refractivity contribution in [3.05, 3.63) is 30.5 Å². The summed E-state index contributed by atoms with van der Waals surface area (Å²) in [4.78, 5) is 15.9. The summed E-state index contributed by atoms with van der Waals surface area (Å²) in [6, 6.07) is 8.76. The predicted molar refractivity (Wildman–Crippen MR) is 114 cm³/mol. The van der Waals surface area contributed by atoms with E-state index in [1.54, 1.807) is 0 Å². The summed E-state index contributed by atoms with van der Waals surface area (Å²) in [6.07, 6.45) is 7.46. The van der Waals surface area contributed by atoms with E-state index in [9.17, 15) is 4.79 Å². The van der Waals surface area contributed by atoms with Gasteiger partial charge in [0.2, 0.25) is 5.91 Å². The number of fused-ring (bicyclic) bond motifs is 2. The first-order valence-electron chi connectivity index (χ1n) is 10.8. The highest BCUT2D eigenvalue weighted by molar-refractivity contribution is 5.92. The van der Waals surface area contributed by atoms with Crippen LogP contribution in [0.5, 0.6) is 0 Å². The number of aromatic amines is 1. The van der Waals surface area contributed by atoms with Crippen LogP contribution in [0.3, 0.4) is 0 Å². The summed E-state index contributed by atoms with van der Waals surface area (Å²) in [5, 5.41) is 12.2. The van der Waals surface area contributed by atoms with Gasteiger partial charge in [-0.1, -0.05) is 18.9 Å². The van der Waals surface area contributed by atoms with Gasteiger partial charge in [-0.15, -0.1) is 0 Å². The summed E-state index contributed by atoms with van der Waals surface area (Å²) in [5.41, 5.74) is 14.4. The minimum atomic E-state index is -0.159. The fourth-order valence-corrected chi connectivity index (χ4v) is 5.29. The first kappa shape index (κ1) is 18.9. The zero-order chi connectivity index (χ0) is 19.8. The van der Waals surface area contributed by atoms with Gasteiger partial charge in [0.1, 0.15) is 0 Å². The number of anilines is 1. The van der Waals surface area contributed by atoms with Gasteiger partial charge in [0.25, 0.3) is 0 Å². The Hall–Kier alpha value is -2.13. The number of nitrogens with one attached hydrogen (secondary N) is 6. The Morgan fingerprint density at radius 3 is 2.93 bits per heavy atom. The number of nitrogens with two attached hydrogens (primary N) is 1. The molecule has 1 amide bonds. The SMILES string of the molecule is N[C@H]1CCCC[C@H]1NC1CC2CNNC(=O)C2C(Nc2cccc3[nH]ccc23)N1. The van der Waals surface area contributed by atoms with Crippen LogP contribution in [0.1, 0.15) is 32.1 Å². The molecule has 8 heteroatoms. The number of carbonyl (C=O) groups is 1. The number of hydrogen-bond donors (Lipinski definition) is 7. The average Bonchev–Trinajstić information content (AvgIpc) is 3.20. The summed E-state index contributed by atoms with van der Waals surface area (Å²) in [7, 11) is 0. The Labute approximate surface area is 170 Å². The normalized spacial score (nSPS) is 35.1. The molecule has 4 unspecified atom stereocenters. The van der Waals surface area contributed by atoms with E-state index >= 15 is 0 Å². The molecule has 2 aromatic rings. The average molecular weight is 398 g/mol. The number of benzene rings is 1. The zero-order valence-corrected chi connectivity index (χ0v) is 16.6. The maximum Gasteiger partial charge on any atom is 0.240 e. The van der Waals surface area contributed by atoms with Crippen LogP contribution in [-0.4, -0.2) is 41.9 Å². The molecule has 8 nitrogen and oxygen atoms in total. The van der Waals surface area contributed by atoms with E-state index in [1.165, 1.54) is 12.8 Å². The monoisotopic (exact) mass is 397 g/mol. The van der Waals surface area contributed by atoms with Gasteiger partial charge in [-0.2, -0.15) is 0 Å². The highest BCUT2D eigenvalue weighted by atomic mass is 16.2. The van der Waals surface area contributed by atoms with Crippen molar-refractivity contribution < 1.29 is 4.79 Å². The zero-order valence-electron chi connectivity index (χ0n) is 16.6.